The summed E-state index contributed by atoms with van der Waals surface area (Å²) in [5.41, 5.74) is 17.7. The van der Waals surface area contributed by atoms with E-state index in [1.54, 1.807) is 0 Å². The second kappa shape index (κ2) is 16.3. The Labute approximate surface area is 367 Å². The maximum Gasteiger partial charge on any atom is 0.0555 e. The summed E-state index contributed by atoms with van der Waals surface area (Å²) in [7, 11) is 0. The van der Waals surface area contributed by atoms with Crippen LogP contribution in [-0.4, -0.2) is 0 Å². The Kier molecular flexibility index (Phi) is 9.82. The molecule has 11 rings (SSSR count). The van der Waals surface area contributed by atoms with Crippen molar-refractivity contribution in [2.24, 2.45) is 0 Å². The zero-order valence-corrected chi connectivity index (χ0v) is 34.8. The van der Waals surface area contributed by atoms with Gasteiger partial charge in [0.05, 0.1) is 11.4 Å². The molecule has 0 amide bonds. The van der Waals surface area contributed by atoms with Gasteiger partial charge in [0, 0.05) is 31.4 Å². The van der Waals surface area contributed by atoms with Crippen LogP contribution in [0.1, 0.15) is 0 Å². The first-order valence-corrected chi connectivity index (χ1v) is 22.0. The number of benzene rings is 10. The molecule has 11 aromatic rings. The van der Waals surface area contributed by atoms with E-state index in [9.17, 15) is 0 Å². The summed E-state index contributed by atoms with van der Waals surface area (Å²) in [6.45, 7) is 0. The van der Waals surface area contributed by atoms with E-state index in [0.717, 1.165) is 22.6 Å². The van der Waals surface area contributed by atoms with Crippen LogP contribution in [0.2, 0.25) is 0 Å². The van der Waals surface area contributed by atoms with Crippen LogP contribution in [0.5, 0.6) is 0 Å². The molecule has 0 saturated heterocycles. The summed E-state index contributed by atoms with van der Waals surface area (Å²) in [5.74, 6) is 0. The number of anilines is 3. The first-order valence-electron chi connectivity index (χ1n) is 21.2. The van der Waals surface area contributed by atoms with E-state index >= 15 is 0 Å². The second-order valence-corrected chi connectivity index (χ2v) is 16.7. The molecule has 1 nitrogen and oxygen atoms in total. The molecular weight excluding hydrogens is 767 g/mol. The van der Waals surface area contributed by atoms with E-state index in [4.69, 9.17) is 0 Å². The SMILES string of the molecule is c1ccc(-c2cc(-c3ccccc3)cc(-c3ccc(N(c4ccccc4-c4ccccc4-c4ccccc4-c4ccccc4)c4cccc5sc6ccccc6c45)cc3)c2)cc1. The molecular formula is C60H41NS. The number of nitrogens with zero attached hydrogens (tertiary/aromatic N) is 1. The predicted molar refractivity (Wildman–Crippen MR) is 267 cm³/mol. The number of thiophene rings is 1. The summed E-state index contributed by atoms with van der Waals surface area (Å²) >= 11 is 1.86. The predicted octanol–water partition coefficient (Wildman–Crippen LogP) is 17.5. The van der Waals surface area contributed by atoms with Gasteiger partial charge in [-0.3, -0.25) is 0 Å². The van der Waals surface area contributed by atoms with Crippen LogP contribution >= 0.6 is 11.3 Å². The third-order valence-electron chi connectivity index (χ3n) is 11.9. The fourth-order valence-corrected chi connectivity index (χ4v) is 10.1. The molecule has 0 atom stereocenters. The van der Waals surface area contributed by atoms with E-state index in [2.05, 4.69) is 254 Å². The first-order chi connectivity index (χ1) is 30.8. The van der Waals surface area contributed by atoms with Crippen molar-refractivity contribution in [3.63, 3.8) is 0 Å². The zero-order chi connectivity index (χ0) is 41.2. The maximum absolute atomic E-state index is 2.48. The third kappa shape index (κ3) is 6.97. The van der Waals surface area contributed by atoms with Crippen molar-refractivity contribution in [1.29, 1.82) is 0 Å². The Morgan fingerprint density at radius 1 is 0.258 bits per heavy atom. The molecule has 62 heavy (non-hydrogen) atoms. The van der Waals surface area contributed by atoms with Crippen LogP contribution in [0.4, 0.5) is 17.1 Å². The lowest BCUT2D eigenvalue weighted by Crippen LogP contribution is -2.11. The maximum atomic E-state index is 2.48. The quantitative estimate of drug-likeness (QED) is 0.140. The molecule has 0 aliphatic heterocycles. The van der Waals surface area contributed by atoms with Crippen molar-refractivity contribution in [2.75, 3.05) is 4.90 Å². The Hall–Kier alpha value is -7.78. The minimum atomic E-state index is 1.09. The van der Waals surface area contributed by atoms with E-state index in [0.29, 0.717) is 0 Å². The summed E-state index contributed by atoms with van der Waals surface area (Å²) in [6.07, 6.45) is 0. The van der Waals surface area contributed by atoms with Crippen molar-refractivity contribution in [2.45, 2.75) is 0 Å². The summed E-state index contributed by atoms with van der Waals surface area (Å²) in [6, 6.07) is 90.4. The summed E-state index contributed by atoms with van der Waals surface area (Å²) in [5, 5.41) is 2.53. The molecule has 0 aliphatic rings. The summed E-state index contributed by atoms with van der Waals surface area (Å²) < 4.78 is 2.56. The third-order valence-corrected chi connectivity index (χ3v) is 13.0. The van der Waals surface area contributed by atoms with E-state index in [-0.39, 0.29) is 0 Å². The normalized spacial score (nSPS) is 11.2. The van der Waals surface area contributed by atoms with Gasteiger partial charge in [-0.05, 0) is 116 Å². The molecule has 0 saturated carbocycles. The van der Waals surface area contributed by atoms with Gasteiger partial charge in [0.2, 0.25) is 0 Å². The Balaban J connectivity index is 1.10. The highest BCUT2D eigenvalue weighted by Crippen LogP contribution is 2.49. The van der Waals surface area contributed by atoms with Gasteiger partial charge < -0.3 is 4.90 Å². The standard InChI is InChI=1S/C60H41NS/c1-4-19-42(20-5-1)46-39-47(43-21-6-2-7-22-43)41-48(40-46)44-35-37-49(38-36-44)61(57-32-18-34-59-60(57)55-30-15-17-33-58(55)62-59)56-31-16-14-29-54(56)53-28-13-12-27-52(53)51-26-11-10-25-50(51)45-23-8-3-9-24-45/h1-41H. The van der Waals surface area contributed by atoms with Crippen LogP contribution in [0.25, 0.3) is 86.9 Å². The number of fused-ring (bicyclic) bond motifs is 3. The molecule has 0 spiro atoms. The molecule has 1 aromatic heterocycles. The van der Waals surface area contributed by atoms with Gasteiger partial charge in [-0.2, -0.15) is 0 Å². The van der Waals surface area contributed by atoms with Crippen LogP contribution in [0.15, 0.2) is 249 Å². The van der Waals surface area contributed by atoms with Crippen LogP contribution in [-0.2, 0) is 0 Å². The Bertz CT molecular complexity index is 3270. The highest BCUT2D eigenvalue weighted by Gasteiger charge is 2.23. The molecule has 292 valence electrons. The molecule has 0 unspecified atom stereocenters. The largest absolute Gasteiger partial charge is 0.309 e. The summed E-state index contributed by atoms with van der Waals surface area (Å²) in [4.78, 5) is 2.48. The smallest absolute Gasteiger partial charge is 0.0555 e. The highest BCUT2D eigenvalue weighted by molar-refractivity contribution is 7.26. The van der Waals surface area contributed by atoms with Gasteiger partial charge in [-0.1, -0.05) is 194 Å². The van der Waals surface area contributed by atoms with Crippen LogP contribution in [0, 0.1) is 0 Å². The van der Waals surface area contributed by atoms with Gasteiger partial charge >= 0.3 is 0 Å². The highest BCUT2D eigenvalue weighted by atomic mass is 32.1. The van der Waals surface area contributed by atoms with Crippen molar-refractivity contribution in [1.82, 2.24) is 0 Å². The lowest BCUT2D eigenvalue weighted by Gasteiger charge is -2.29. The van der Waals surface area contributed by atoms with Crippen molar-refractivity contribution in [3.8, 4) is 66.8 Å². The molecule has 10 aromatic carbocycles. The fourth-order valence-electron chi connectivity index (χ4n) is 8.98. The van der Waals surface area contributed by atoms with Crippen molar-refractivity contribution < 1.29 is 0 Å². The van der Waals surface area contributed by atoms with Gasteiger partial charge in [-0.15, -0.1) is 11.3 Å². The molecule has 0 radical (unpaired) electrons. The van der Waals surface area contributed by atoms with Gasteiger partial charge in [0.25, 0.3) is 0 Å². The van der Waals surface area contributed by atoms with Crippen molar-refractivity contribution in [3.05, 3.63) is 249 Å². The van der Waals surface area contributed by atoms with Gasteiger partial charge in [-0.25, -0.2) is 0 Å². The average Bonchev–Trinajstić information content (AvgIpc) is 3.75. The molecule has 0 bridgehead atoms. The topological polar surface area (TPSA) is 3.24 Å². The lowest BCUT2D eigenvalue weighted by atomic mass is 9.88. The van der Waals surface area contributed by atoms with E-state index in [1.165, 1.54) is 81.4 Å². The molecule has 0 fully saturated rings. The number of para-hydroxylation sites is 1. The monoisotopic (exact) mass is 807 g/mol. The molecule has 1 heterocycles. The number of hydrogen-bond donors (Lipinski definition) is 0. The minimum Gasteiger partial charge on any atom is -0.309 e. The van der Waals surface area contributed by atoms with Crippen LogP contribution < -0.4 is 4.90 Å². The second-order valence-electron chi connectivity index (χ2n) is 15.6. The van der Waals surface area contributed by atoms with E-state index in [1.807, 2.05) is 11.3 Å². The van der Waals surface area contributed by atoms with Gasteiger partial charge in [0.1, 0.15) is 0 Å². The Morgan fingerprint density at radius 2 is 0.677 bits per heavy atom. The number of rotatable bonds is 9. The molecule has 0 N–H and O–H groups in total. The zero-order valence-electron chi connectivity index (χ0n) is 34.0. The Morgan fingerprint density at radius 3 is 1.29 bits per heavy atom. The average molecular weight is 808 g/mol. The fraction of sp³-hybridized carbons (Fsp3) is 0. The van der Waals surface area contributed by atoms with Gasteiger partial charge in [0.15, 0.2) is 0 Å². The van der Waals surface area contributed by atoms with Crippen molar-refractivity contribution >= 4 is 48.6 Å². The van der Waals surface area contributed by atoms with Crippen LogP contribution in [0.3, 0.4) is 0 Å². The number of hydrogen-bond acceptors (Lipinski definition) is 2. The lowest BCUT2D eigenvalue weighted by molar-refractivity contribution is 1.30. The minimum absolute atomic E-state index is 1.09. The molecule has 2 heteroatoms. The van der Waals surface area contributed by atoms with E-state index < -0.39 is 0 Å². The first kappa shape index (κ1) is 37.2. The molecule has 0 aliphatic carbocycles.